The number of hydrogen-bond donors (Lipinski definition) is 3. The number of rotatable bonds is 9. The molecule has 2 amide bonds. The molecule has 2 heterocycles. The fourth-order valence-corrected chi connectivity index (χ4v) is 5.86. The number of aromatic nitrogens is 1. The molecular weight excluding hydrogens is 550 g/mol. The number of aliphatic hydroxyl groups excluding tert-OH is 1. The van der Waals surface area contributed by atoms with Crippen LogP contribution in [0.2, 0.25) is 0 Å². The van der Waals surface area contributed by atoms with Crippen LogP contribution in [0.25, 0.3) is 0 Å². The van der Waals surface area contributed by atoms with Crippen molar-refractivity contribution in [3.05, 3.63) is 120 Å². The Kier molecular flexibility index (Phi) is 9.66. The highest BCUT2D eigenvalue weighted by molar-refractivity contribution is 7.99. The van der Waals surface area contributed by atoms with E-state index in [0.29, 0.717) is 17.0 Å². The molecule has 0 bridgehead atoms. The molecular formula is C33H33N3O5S. The predicted molar refractivity (Wildman–Crippen MR) is 163 cm³/mol. The minimum atomic E-state index is -0.660. The molecule has 0 radical (unpaired) electrons. The summed E-state index contributed by atoms with van der Waals surface area (Å²) in [4.78, 5) is 29.2. The SMILES string of the molecule is CC(=O)Nc1ccc(SCC2OC(c3cccc(NC(=O)c4cccnc4)c3)OC(c3ccc(CO)cc3)C2C)cc1. The van der Waals surface area contributed by atoms with E-state index in [4.69, 9.17) is 9.47 Å². The Hall–Kier alpha value is -4.02. The van der Waals surface area contributed by atoms with E-state index in [1.807, 2.05) is 72.8 Å². The number of thioether (sulfide) groups is 1. The third kappa shape index (κ3) is 7.43. The smallest absolute Gasteiger partial charge is 0.257 e. The molecule has 0 aliphatic carbocycles. The van der Waals surface area contributed by atoms with Crippen molar-refractivity contribution < 1.29 is 24.2 Å². The zero-order valence-electron chi connectivity index (χ0n) is 23.4. The van der Waals surface area contributed by atoms with Crippen LogP contribution in [-0.2, 0) is 20.9 Å². The molecule has 9 heteroatoms. The average molecular weight is 584 g/mol. The Balaban J connectivity index is 1.36. The van der Waals surface area contributed by atoms with Crippen molar-refractivity contribution in [1.82, 2.24) is 4.98 Å². The summed E-state index contributed by atoms with van der Waals surface area (Å²) in [6.45, 7) is 3.59. The second-order valence-corrected chi connectivity index (χ2v) is 11.3. The maximum atomic E-state index is 12.7. The van der Waals surface area contributed by atoms with Crippen LogP contribution in [0.1, 0.15) is 53.3 Å². The molecule has 4 atom stereocenters. The van der Waals surface area contributed by atoms with Crippen LogP contribution in [0.3, 0.4) is 0 Å². The van der Waals surface area contributed by atoms with Gasteiger partial charge in [-0.05, 0) is 59.7 Å². The van der Waals surface area contributed by atoms with E-state index in [2.05, 4.69) is 22.5 Å². The quantitative estimate of drug-likeness (QED) is 0.197. The number of ether oxygens (including phenoxy) is 2. The van der Waals surface area contributed by atoms with E-state index in [0.717, 1.165) is 27.3 Å². The molecule has 3 N–H and O–H groups in total. The number of carbonyl (C=O) groups excluding carboxylic acids is 2. The van der Waals surface area contributed by atoms with Crippen molar-refractivity contribution in [1.29, 1.82) is 0 Å². The van der Waals surface area contributed by atoms with Crippen LogP contribution in [0.15, 0.2) is 102 Å². The van der Waals surface area contributed by atoms with E-state index >= 15 is 0 Å². The number of benzene rings is 3. The van der Waals surface area contributed by atoms with Crippen LogP contribution < -0.4 is 10.6 Å². The van der Waals surface area contributed by atoms with Crippen molar-refractivity contribution in [2.24, 2.45) is 5.92 Å². The molecule has 5 rings (SSSR count). The highest BCUT2D eigenvalue weighted by atomic mass is 32.2. The molecule has 4 unspecified atom stereocenters. The first-order valence-electron chi connectivity index (χ1n) is 13.7. The van der Waals surface area contributed by atoms with Gasteiger partial charge in [0.1, 0.15) is 0 Å². The predicted octanol–water partition coefficient (Wildman–Crippen LogP) is 6.37. The second-order valence-electron chi connectivity index (χ2n) is 10.2. The van der Waals surface area contributed by atoms with Gasteiger partial charge in [0.2, 0.25) is 5.91 Å². The number of hydrogen-bond acceptors (Lipinski definition) is 7. The van der Waals surface area contributed by atoms with E-state index in [1.54, 1.807) is 30.1 Å². The van der Waals surface area contributed by atoms with Gasteiger partial charge in [-0.25, -0.2) is 0 Å². The molecule has 1 aromatic heterocycles. The zero-order valence-corrected chi connectivity index (χ0v) is 24.2. The van der Waals surface area contributed by atoms with Crippen LogP contribution >= 0.6 is 11.8 Å². The Bertz CT molecular complexity index is 1500. The summed E-state index contributed by atoms with van der Waals surface area (Å²) < 4.78 is 13.1. The van der Waals surface area contributed by atoms with E-state index in [1.165, 1.54) is 13.1 Å². The summed E-state index contributed by atoms with van der Waals surface area (Å²) in [5, 5.41) is 15.2. The Morgan fingerprint density at radius 3 is 2.38 bits per heavy atom. The fourth-order valence-electron chi connectivity index (χ4n) is 4.79. The first kappa shape index (κ1) is 29.5. The largest absolute Gasteiger partial charge is 0.392 e. The third-order valence-corrected chi connectivity index (χ3v) is 8.15. The summed E-state index contributed by atoms with van der Waals surface area (Å²) in [6, 6.07) is 26.5. The normalized spacial score (nSPS) is 20.1. The van der Waals surface area contributed by atoms with Gasteiger partial charge in [0.15, 0.2) is 6.29 Å². The standard InChI is InChI=1S/C33H33N3O5S/c1-21-30(20-42-29-14-12-27(13-15-29)35-22(2)38)40-33(41-31(21)24-10-8-23(19-37)9-11-24)25-5-3-7-28(17-25)36-32(39)26-6-4-16-34-18-26/h3-18,21,30-31,33,37H,19-20H2,1-2H3,(H,35,38)(H,36,39). The summed E-state index contributed by atoms with van der Waals surface area (Å²) in [5.41, 5.74) is 4.48. The first-order chi connectivity index (χ1) is 20.4. The fraction of sp³-hybridized carbons (Fsp3) is 0.242. The summed E-state index contributed by atoms with van der Waals surface area (Å²) >= 11 is 1.68. The van der Waals surface area contributed by atoms with E-state index < -0.39 is 6.29 Å². The van der Waals surface area contributed by atoms with Crippen molar-refractivity contribution in [3.8, 4) is 0 Å². The van der Waals surface area contributed by atoms with Gasteiger partial charge in [0, 0.05) is 52.8 Å². The topological polar surface area (TPSA) is 110 Å². The monoisotopic (exact) mass is 583 g/mol. The lowest BCUT2D eigenvalue weighted by Gasteiger charge is -2.41. The van der Waals surface area contributed by atoms with Crippen LogP contribution in [0.4, 0.5) is 11.4 Å². The third-order valence-electron chi connectivity index (χ3n) is 7.05. The Labute approximate surface area is 249 Å². The number of pyridine rings is 1. The van der Waals surface area contributed by atoms with Gasteiger partial charge >= 0.3 is 0 Å². The molecule has 8 nitrogen and oxygen atoms in total. The Morgan fingerprint density at radius 1 is 0.905 bits per heavy atom. The zero-order chi connectivity index (χ0) is 29.5. The summed E-state index contributed by atoms with van der Waals surface area (Å²) in [7, 11) is 0. The molecule has 3 aromatic carbocycles. The lowest BCUT2D eigenvalue weighted by molar-refractivity contribution is -0.268. The van der Waals surface area contributed by atoms with Gasteiger partial charge in [0.25, 0.3) is 5.91 Å². The van der Waals surface area contributed by atoms with Crippen molar-refractivity contribution in [2.75, 3.05) is 16.4 Å². The first-order valence-corrected chi connectivity index (χ1v) is 14.7. The van der Waals surface area contributed by atoms with E-state index in [9.17, 15) is 14.7 Å². The van der Waals surface area contributed by atoms with E-state index in [-0.39, 0.29) is 36.5 Å². The number of nitrogens with one attached hydrogen (secondary N) is 2. The lowest BCUT2D eigenvalue weighted by atomic mass is 9.91. The highest BCUT2D eigenvalue weighted by Crippen LogP contribution is 2.43. The molecule has 4 aromatic rings. The number of carbonyl (C=O) groups is 2. The van der Waals surface area contributed by atoms with Gasteiger partial charge in [-0.3, -0.25) is 14.6 Å². The molecule has 0 spiro atoms. The van der Waals surface area contributed by atoms with Gasteiger partial charge in [-0.1, -0.05) is 43.3 Å². The number of nitrogens with zero attached hydrogens (tertiary/aromatic N) is 1. The molecule has 1 saturated heterocycles. The van der Waals surface area contributed by atoms with Gasteiger partial charge in [-0.2, -0.15) is 0 Å². The van der Waals surface area contributed by atoms with Crippen molar-refractivity contribution in [3.63, 3.8) is 0 Å². The van der Waals surface area contributed by atoms with Crippen LogP contribution in [-0.4, -0.2) is 33.8 Å². The Morgan fingerprint density at radius 2 is 1.69 bits per heavy atom. The maximum Gasteiger partial charge on any atom is 0.257 e. The van der Waals surface area contributed by atoms with Gasteiger partial charge in [0.05, 0.1) is 24.4 Å². The highest BCUT2D eigenvalue weighted by Gasteiger charge is 2.38. The van der Waals surface area contributed by atoms with Crippen LogP contribution in [0, 0.1) is 5.92 Å². The molecule has 1 aliphatic rings. The summed E-state index contributed by atoms with van der Waals surface area (Å²) in [5.74, 6) is 0.355. The number of aliphatic hydroxyl groups is 1. The lowest BCUT2D eigenvalue weighted by Crippen LogP contribution is -2.38. The van der Waals surface area contributed by atoms with Gasteiger partial charge in [-0.15, -0.1) is 11.8 Å². The molecule has 1 aliphatic heterocycles. The number of anilines is 2. The maximum absolute atomic E-state index is 12.7. The minimum absolute atomic E-state index is 0.0232. The molecule has 42 heavy (non-hydrogen) atoms. The average Bonchev–Trinajstić information content (AvgIpc) is 3.01. The van der Waals surface area contributed by atoms with Gasteiger partial charge < -0.3 is 25.2 Å². The molecule has 216 valence electrons. The van der Waals surface area contributed by atoms with Crippen molar-refractivity contribution in [2.45, 2.75) is 43.8 Å². The molecule has 1 fully saturated rings. The second kappa shape index (κ2) is 13.8. The molecule has 0 saturated carbocycles. The number of amides is 2. The minimum Gasteiger partial charge on any atom is -0.392 e. The summed E-state index contributed by atoms with van der Waals surface area (Å²) in [6.07, 6.45) is 2.08. The van der Waals surface area contributed by atoms with Crippen LogP contribution in [0.5, 0.6) is 0 Å². The van der Waals surface area contributed by atoms with Crippen molar-refractivity contribution >= 4 is 35.0 Å².